The van der Waals surface area contributed by atoms with Crippen LogP contribution in [0.3, 0.4) is 0 Å². The lowest BCUT2D eigenvalue weighted by atomic mass is 10.2. The summed E-state index contributed by atoms with van der Waals surface area (Å²) in [5.74, 6) is -0.194. The second-order valence-corrected chi connectivity index (χ2v) is 5.70. The lowest BCUT2D eigenvalue weighted by molar-refractivity contribution is 0.149. The maximum Gasteiger partial charge on any atom is 0.320 e. The van der Waals surface area contributed by atoms with Gasteiger partial charge in [0.05, 0.1) is 5.69 Å². The molecule has 0 N–H and O–H groups in total. The van der Waals surface area contributed by atoms with Gasteiger partial charge in [0.1, 0.15) is 5.82 Å². The van der Waals surface area contributed by atoms with Crippen LogP contribution in [0.25, 0.3) is 0 Å². The zero-order valence-electron chi connectivity index (χ0n) is 13.6. The monoisotopic (exact) mass is 307 g/mol. The van der Waals surface area contributed by atoms with Crippen LogP contribution >= 0.6 is 0 Å². The summed E-state index contributed by atoms with van der Waals surface area (Å²) < 4.78 is 13.8. The summed E-state index contributed by atoms with van der Waals surface area (Å²) in [4.78, 5) is 18.4. The average molecular weight is 307 g/mol. The highest BCUT2D eigenvalue weighted by atomic mass is 19.1. The van der Waals surface area contributed by atoms with Crippen molar-refractivity contribution in [1.82, 2.24) is 9.80 Å². The van der Waals surface area contributed by atoms with Gasteiger partial charge in [-0.05, 0) is 25.0 Å². The molecule has 1 saturated heterocycles. The van der Waals surface area contributed by atoms with Crippen molar-refractivity contribution in [3.8, 4) is 0 Å². The van der Waals surface area contributed by atoms with Crippen molar-refractivity contribution in [1.29, 1.82) is 0 Å². The smallest absolute Gasteiger partial charge is 0.320 e. The number of urea groups is 1. The van der Waals surface area contributed by atoms with E-state index in [4.69, 9.17) is 0 Å². The zero-order chi connectivity index (χ0) is 15.9. The van der Waals surface area contributed by atoms with Gasteiger partial charge >= 0.3 is 6.03 Å². The Balaban J connectivity index is 1.94. The van der Waals surface area contributed by atoms with Gasteiger partial charge in [-0.2, -0.15) is 0 Å². The Morgan fingerprint density at radius 3 is 2.23 bits per heavy atom. The SMILES string of the molecule is CCCN(CCC)C(=O)N1CCN(c2ccccc2F)CC1. The number of rotatable bonds is 5. The van der Waals surface area contributed by atoms with Crippen LogP contribution in [0.5, 0.6) is 0 Å². The lowest BCUT2D eigenvalue weighted by Crippen LogP contribution is -2.53. The maximum atomic E-state index is 13.8. The quantitative estimate of drug-likeness (QED) is 0.835. The van der Waals surface area contributed by atoms with E-state index in [-0.39, 0.29) is 11.8 Å². The molecular formula is C17H26FN3O. The van der Waals surface area contributed by atoms with Crippen LogP contribution in [-0.4, -0.2) is 55.1 Å². The highest BCUT2D eigenvalue weighted by Gasteiger charge is 2.25. The molecule has 0 aromatic heterocycles. The number of halogens is 1. The number of piperazine rings is 1. The van der Waals surface area contributed by atoms with Crippen LogP contribution in [-0.2, 0) is 0 Å². The van der Waals surface area contributed by atoms with Crippen LogP contribution in [0, 0.1) is 5.82 Å². The van der Waals surface area contributed by atoms with Gasteiger partial charge in [0.15, 0.2) is 0 Å². The molecule has 122 valence electrons. The molecule has 1 heterocycles. The molecule has 4 nitrogen and oxygen atoms in total. The first-order chi connectivity index (χ1) is 10.7. The zero-order valence-corrected chi connectivity index (χ0v) is 13.6. The lowest BCUT2D eigenvalue weighted by Gasteiger charge is -2.38. The average Bonchev–Trinajstić information content (AvgIpc) is 2.55. The van der Waals surface area contributed by atoms with Crippen molar-refractivity contribution in [2.45, 2.75) is 26.7 Å². The largest absolute Gasteiger partial charge is 0.366 e. The van der Waals surface area contributed by atoms with E-state index < -0.39 is 0 Å². The fourth-order valence-corrected chi connectivity index (χ4v) is 2.89. The first-order valence-electron chi connectivity index (χ1n) is 8.20. The predicted molar refractivity (Wildman–Crippen MR) is 87.7 cm³/mol. The van der Waals surface area contributed by atoms with Crippen molar-refractivity contribution in [3.63, 3.8) is 0 Å². The second-order valence-electron chi connectivity index (χ2n) is 5.70. The summed E-state index contributed by atoms with van der Waals surface area (Å²) >= 11 is 0. The van der Waals surface area contributed by atoms with Gasteiger partial charge < -0.3 is 14.7 Å². The van der Waals surface area contributed by atoms with Gasteiger partial charge in [0.25, 0.3) is 0 Å². The molecular weight excluding hydrogens is 281 g/mol. The highest BCUT2D eigenvalue weighted by Crippen LogP contribution is 2.20. The minimum absolute atomic E-state index is 0.122. The first-order valence-corrected chi connectivity index (χ1v) is 8.20. The maximum absolute atomic E-state index is 13.8. The molecule has 22 heavy (non-hydrogen) atoms. The van der Waals surface area contributed by atoms with Gasteiger partial charge in [-0.15, -0.1) is 0 Å². The number of benzene rings is 1. The molecule has 0 atom stereocenters. The Kier molecular flexibility index (Phi) is 6.04. The van der Waals surface area contributed by atoms with Gasteiger partial charge in [-0.1, -0.05) is 26.0 Å². The topological polar surface area (TPSA) is 26.8 Å². The fraction of sp³-hybridized carbons (Fsp3) is 0.588. The number of anilines is 1. The Labute approximate surface area is 132 Å². The van der Waals surface area contributed by atoms with Gasteiger partial charge in [0.2, 0.25) is 0 Å². The summed E-state index contributed by atoms with van der Waals surface area (Å²) in [6.45, 7) is 8.45. The van der Waals surface area contributed by atoms with Crippen molar-refractivity contribution in [2.75, 3.05) is 44.2 Å². The molecule has 0 radical (unpaired) electrons. The molecule has 1 aliphatic heterocycles. The summed E-state index contributed by atoms with van der Waals surface area (Å²) in [5.41, 5.74) is 0.633. The van der Waals surface area contributed by atoms with Crippen molar-refractivity contribution in [3.05, 3.63) is 30.1 Å². The Bertz CT molecular complexity index is 481. The fourth-order valence-electron chi connectivity index (χ4n) is 2.89. The normalized spacial score (nSPS) is 15.0. The van der Waals surface area contributed by atoms with E-state index in [9.17, 15) is 9.18 Å². The molecule has 5 heteroatoms. The minimum Gasteiger partial charge on any atom is -0.366 e. The van der Waals surface area contributed by atoms with Crippen LogP contribution in [0.15, 0.2) is 24.3 Å². The molecule has 0 bridgehead atoms. The van der Waals surface area contributed by atoms with E-state index in [2.05, 4.69) is 13.8 Å². The Morgan fingerprint density at radius 2 is 1.68 bits per heavy atom. The number of para-hydroxylation sites is 1. The Morgan fingerprint density at radius 1 is 1.09 bits per heavy atom. The van der Waals surface area contributed by atoms with E-state index in [1.165, 1.54) is 6.07 Å². The van der Waals surface area contributed by atoms with Crippen LogP contribution in [0.1, 0.15) is 26.7 Å². The molecule has 1 aromatic carbocycles. The molecule has 1 fully saturated rings. The van der Waals surface area contributed by atoms with E-state index in [0.717, 1.165) is 25.9 Å². The first kappa shape index (κ1) is 16.6. The Hall–Kier alpha value is -1.78. The molecule has 0 aliphatic carbocycles. The van der Waals surface area contributed by atoms with E-state index in [1.807, 2.05) is 20.8 Å². The summed E-state index contributed by atoms with van der Waals surface area (Å²) in [5, 5.41) is 0. The van der Waals surface area contributed by atoms with E-state index in [0.29, 0.717) is 31.9 Å². The number of nitrogens with zero attached hydrogens (tertiary/aromatic N) is 3. The van der Waals surface area contributed by atoms with E-state index >= 15 is 0 Å². The minimum atomic E-state index is -0.194. The second kappa shape index (κ2) is 8.01. The number of amides is 2. The third-order valence-corrected chi connectivity index (χ3v) is 4.00. The number of carbonyl (C=O) groups is 1. The number of carbonyl (C=O) groups excluding carboxylic acids is 1. The molecule has 2 amide bonds. The van der Waals surface area contributed by atoms with Crippen molar-refractivity contribution < 1.29 is 9.18 Å². The summed E-state index contributed by atoms with van der Waals surface area (Å²) in [6.07, 6.45) is 1.95. The molecule has 0 spiro atoms. The summed E-state index contributed by atoms with van der Waals surface area (Å²) in [6, 6.07) is 6.95. The van der Waals surface area contributed by atoms with E-state index in [1.54, 1.807) is 12.1 Å². The summed E-state index contributed by atoms with van der Waals surface area (Å²) in [7, 11) is 0. The predicted octanol–water partition coefficient (Wildman–Crippen LogP) is 3.19. The number of hydrogen-bond acceptors (Lipinski definition) is 2. The van der Waals surface area contributed by atoms with Crippen molar-refractivity contribution in [2.24, 2.45) is 0 Å². The highest BCUT2D eigenvalue weighted by molar-refractivity contribution is 5.74. The van der Waals surface area contributed by atoms with Gasteiger partial charge in [-0.3, -0.25) is 0 Å². The van der Waals surface area contributed by atoms with Crippen LogP contribution < -0.4 is 4.90 Å². The molecule has 1 aliphatic rings. The number of hydrogen-bond donors (Lipinski definition) is 0. The molecule has 0 saturated carbocycles. The van der Waals surface area contributed by atoms with Gasteiger partial charge in [-0.25, -0.2) is 9.18 Å². The van der Waals surface area contributed by atoms with Crippen molar-refractivity contribution >= 4 is 11.7 Å². The van der Waals surface area contributed by atoms with Gasteiger partial charge in [0, 0.05) is 39.3 Å². The molecule has 2 rings (SSSR count). The molecule has 0 unspecified atom stereocenters. The third-order valence-electron chi connectivity index (χ3n) is 4.00. The molecule has 1 aromatic rings. The third kappa shape index (κ3) is 3.90. The standard InChI is InChI=1S/C17H26FN3O/c1-3-9-20(10-4-2)17(22)21-13-11-19(12-14-21)16-8-6-5-7-15(16)18/h5-8H,3-4,9-14H2,1-2H3. The van der Waals surface area contributed by atoms with Crippen LogP contribution in [0.4, 0.5) is 14.9 Å². The van der Waals surface area contributed by atoms with Crippen LogP contribution in [0.2, 0.25) is 0 Å².